The molecule has 0 saturated carbocycles. The first kappa shape index (κ1) is 38.7. The smallest absolute Gasteiger partial charge is 0.0661 e. The third-order valence-corrected chi connectivity index (χ3v) is 13.0. The number of nitrogens with zero attached hydrogens (tertiary/aromatic N) is 3. The quantitative estimate of drug-likeness (QED) is 0.128. The van der Waals surface area contributed by atoms with Gasteiger partial charge in [0.05, 0.1) is 10.4 Å². The molecule has 0 amide bonds. The summed E-state index contributed by atoms with van der Waals surface area (Å²) in [6.45, 7) is 0. The highest BCUT2D eigenvalue weighted by Crippen LogP contribution is 2.50. The van der Waals surface area contributed by atoms with Gasteiger partial charge in [0.2, 0.25) is 0 Å². The van der Waals surface area contributed by atoms with Gasteiger partial charge in [-0.15, -0.1) is 11.3 Å². The molecule has 1 heterocycles. The molecule has 64 heavy (non-hydrogen) atoms. The topological polar surface area (TPSA) is 9.72 Å². The molecular formula is C60H43N3S. The van der Waals surface area contributed by atoms with Crippen molar-refractivity contribution in [3.63, 3.8) is 0 Å². The third kappa shape index (κ3) is 7.57. The van der Waals surface area contributed by atoms with Crippen LogP contribution in [0.5, 0.6) is 0 Å². The van der Waals surface area contributed by atoms with E-state index in [2.05, 4.69) is 276 Å². The lowest BCUT2D eigenvalue weighted by Gasteiger charge is -2.30. The van der Waals surface area contributed by atoms with E-state index in [0.29, 0.717) is 0 Å². The monoisotopic (exact) mass is 837 g/mol. The fraction of sp³-hybridized carbons (Fsp3) is 0. The van der Waals surface area contributed by atoms with Gasteiger partial charge in [0.1, 0.15) is 0 Å². The summed E-state index contributed by atoms with van der Waals surface area (Å²) in [5, 5.41) is 2.40. The Hall–Kier alpha value is -8.18. The van der Waals surface area contributed by atoms with E-state index in [9.17, 15) is 0 Å². The first-order valence-corrected chi connectivity index (χ1v) is 22.5. The van der Waals surface area contributed by atoms with Crippen LogP contribution in [0.1, 0.15) is 0 Å². The molecule has 1 aromatic heterocycles. The molecular weight excluding hydrogens is 795 g/mol. The first-order valence-electron chi connectivity index (χ1n) is 21.7. The van der Waals surface area contributed by atoms with Crippen molar-refractivity contribution in [2.24, 2.45) is 0 Å². The van der Waals surface area contributed by atoms with Crippen LogP contribution >= 0.6 is 11.3 Å². The molecule has 0 radical (unpaired) electrons. The average Bonchev–Trinajstić information content (AvgIpc) is 3.75. The normalized spacial score (nSPS) is 11.1. The second-order valence-corrected chi connectivity index (χ2v) is 16.9. The molecule has 11 aromatic rings. The molecule has 0 fully saturated rings. The molecule has 0 saturated heterocycles. The number of fused-ring (bicyclic) bond motifs is 3. The van der Waals surface area contributed by atoms with Crippen LogP contribution in [-0.2, 0) is 0 Å². The standard InChI is InChI=1S/C60H43N3S/c1-7-19-44(20-8-1)46-31-35-52(36-32-46)62(50-27-15-5-16-28-50)55-42-57-56-41-54(61(48-23-11-3-12-24-48)49-25-13-4-14-26-49)39-40-59(56)64-60(57)58(43-55)63(51-29-17-6-18-30-51)53-37-33-47(34-38-53)45-21-9-2-10-22-45/h1-43H. The van der Waals surface area contributed by atoms with E-state index >= 15 is 0 Å². The molecule has 0 N–H and O–H groups in total. The van der Waals surface area contributed by atoms with Gasteiger partial charge in [-0.1, -0.05) is 158 Å². The Morgan fingerprint density at radius 3 is 1.02 bits per heavy atom. The summed E-state index contributed by atoms with van der Waals surface area (Å²) in [6.07, 6.45) is 0. The van der Waals surface area contributed by atoms with Crippen molar-refractivity contribution in [3.8, 4) is 22.3 Å². The van der Waals surface area contributed by atoms with Crippen LogP contribution in [-0.4, -0.2) is 0 Å². The summed E-state index contributed by atoms with van der Waals surface area (Å²) in [6, 6.07) is 93.7. The van der Waals surface area contributed by atoms with Gasteiger partial charge in [0, 0.05) is 61.0 Å². The van der Waals surface area contributed by atoms with Crippen LogP contribution in [0.25, 0.3) is 42.4 Å². The van der Waals surface area contributed by atoms with Crippen molar-refractivity contribution in [2.45, 2.75) is 0 Å². The Balaban J connectivity index is 1.16. The number of anilines is 9. The maximum atomic E-state index is 2.43. The number of rotatable bonds is 11. The largest absolute Gasteiger partial charge is 0.310 e. The number of hydrogen-bond acceptors (Lipinski definition) is 4. The summed E-state index contributed by atoms with van der Waals surface area (Å²) in [5.74, 6) is 0. The summed E-state index contributed by atoms with van der Waals surface area (Å²) in [5.41, 5.74) is 14.6. The lowest BCUT2D eigenvalue weighted by Crippen LogP contribution is -2.13. The van der Waals surface area contributed by atoms with Crippen LogP contribution in [0.4, 0.5) is 51.2 Å². The van der Waals surface area contributed by atoms with Gasteiger partial charge in [0.25, 0.3) is 0 Å². The predicted molar refractivity (Wildman–Crippen MR) is 274 cm³/mol. The average molecular weight is 838 g/mol. The van der Waals surface area contributed by atoms with Crippen molar-refractivity contribution >= 4 is 82.7 Å². The van der Waals surface area contributed by atoms with Crippen LogP contribution in [0.2, 0.25) is 0 Å². The van der Waals surface area contributed by atoms with Gasteiger partial charge in [-0.25, -0.2) is 0 Å². The zero-order chi connectivity index (χ0) is 42.7. The summed E-state index contributed by atoms with van der Waals surface area (Å²) >= 11 is 1.85. The molecule has 0 unspecified atom stereocenters. The summed E-state index contributed by atoms with van der Waals surface area (Å²) in [7, 11) is 0. The van der Waals surface area contributed by atoms with Gasteiger partial charge in [-0.2, -0.15) is 0 Å². The van der Waals surface area contributed by atoms with Gasteiger partial charge >= 0.3 is 0 Å². The van der Waals surface area contributed by atoms with E-state index in [1.165, 1.54) is 42.4 Å². The number of thiophene rings is 1. The van der Waals surface area contributed by atoms with E-state index < -0.39 is 0 Å². The molecule has 11 rings (SSSR count). The Bertz CT molecular complexity index is 3250. The molecule has 0 bridgehead atoms. The van der Waals surface area contributed by atoms with Crippen LogP contribution in [0.3, 0.4) is 0 Å². The fourth-order valence-electron chi connectivity index (χ4n) is 8.76. The zero-order valence-electron chi connectivity index (χ0n) is 35.1. The second-order valence-electron chi connectivity index (χ2n) is 15.8. The molecule has 4 heteroatoms. The van der Waals surface area contributed by atoms with Crippen molar-refractivity contribution < 1.29 is 0 Å². The Morgan fingerprint density at radius 2 is 0.562 bits per heavy atom. The number of para-hydroxylation sites is 4. The van der Waals surface area contributed by atoms with Gasteiger partial charge in [-0.05, 0) is 125 Å². The van der Waals surface area contributed by atoms with Crippen molar-refractivity contribution in [3.05, 3.63) is 261 Å². The highest BCUT2D eigenvalue weighted by Gasteiger charge is 2.24. The maximum absolute atomic E-state index is 2.43. The minimum atomic E-state index is 1.07. The van der Waals surface area contributed by atoms with E-state index in [1.54, 1.807) is 0 Å². The highest BCUT2D eigenvalue weighted by atomic mass is 32.1. The third-order valence-electron chi connectivity index (χ3n) is 11.8. The molecule has 0 aliphatic heterocycles. The van der Waals surface area contributed by atoms with E-state index in [-0.39, 0.29) is 0 Å². The van der Waals surface area contributed by atoms with E-state index in [1.807, 2.05) is 11.3 Å². The van der Waals surface area contributed by atoms with Gasteiger partial charge < -0.3 is 14.7 Å². The zero-order valence-corrected chi connectivity index (χ0v) is 35.9. The van der Waals surface area contributed by atoms with Crippen LogP contribution < -0.4 is 14.7 Å². The molecule has 0 aliphatic carbocycles. The maximum Gasteiger partial charge on any atom is 0.0661 e. The lowest BCUT2D eigenvalue weighted by molar-refractivity contribution is 1.26. The summed E-state index contributed by atoms with van der Waals surface area (Å²) in [4.78, 5) is 7.18. The molecule has 304 valence electrons. The number of hydrogen-bond donors (Lipinski definition) is 0. The SMILES string of the molecule is c1ccc(-c2ccc(N(c3ccccc3)c3cc(N(c4ccccc4)c4ccc(-c5ccccc5)cc4)c4sc5ccc(N(c6ccccc6)c6ccccc6)cc5c4c3)cc2)cc1. The molecule has 3 nitrogen and oxygen atoms in total. The Labute approximate surface area is 378 Å². The second kappa shape index (κ2) is 17.3. The predicted octanol–water partition coefficient (Wildman–Crippen LogP) is 17.8. The van der Waals surface area contributed by atoms with Crippen molar-refractivity contribution in [2.75, 3.05) is 14.7 Å². The van der Waals surface area contributed by atoms with E-state index in [4.69, 9.17) is 0 Å². The van der Waals surface area contributed by atoms with Crippen LogP contribution in [0.15, 0.2) is 261 Å². The molecule has 0 aliphatic rings. The molecule has 10 aromatic carbocycles. The van der Waals surface area contributed by atoms with Crippen LogP contribution in [0, 0.1) is 0 Å². The fourth-order valence-corrected chi connectivity index (χ4v) is 9.93. The van der Waals surface area contributed by atoms with Gasteiger partial charge in [0.15, 0.2) is 0 Å². The van der Waals surface area contributed by atoms with Crippen molar-refractivity contribution in [1.29, 1.82) is 0 Å². The lowest BCUT2D eigenvalue weighted by atomic mass is 10.0. The first-order chi connectivity index (χ1) is 31.7. The minimum absolute atomic E-state index is 1.07. The highest BCUT2D eigenvalue weighted by molar-refractivity contribution is 7.26. The van der Waals surface area contributed by atoms with Gasteiger partial charge in [-0.3, -0.25) is 0 Å². The molecule has 0 atom stereocenters. The van der Waals surface area contributed by atoms with E-state index in [0.717, 1.165) is 51.2 Å². The summed E-state index contributed by atoms with van der Waals surface area (Å²) < 4.78 is 2.44. The van der Waals surface area contributed by atoms with Crippen molar-refractivity contribution in [1.82, 2.24) is 0 Å². The Kier molecular flexibility index (Phi) is 10.5. The molecule has 0 spiro atoms. The Morgan fingerprint density at radius 1 is 0.234 bits per heavy atom. The number of benzene rings is 10. The minimum Gasteiger partial charge on any atom is -0.310 e.